The SMILES string of the molecule is CCNC(=O)Nc1sc2ncccc2c1C(=O)N1CCC2(CC1)N=C(Cc1cccc(C(=O)OC)c1)NC2=O. The molecule has 1 spiro atoms. The molecular formula is C27H28N6O5S. The number of anilines is 1. The highest BCUT2D eigenvalue weighted by Gasteiger charge is 2.46. The lowest BCUT2D eigenvalue weighted by atomic mass is 9.87. The summed E-state index contributed by atoms with van der Waals surface area (Å²) in [6.07, 6.45) is 2.75. The summed E-state index contributed by atoms with van der Waals surface area (Å²) in [5.41, 5.74) is 0.716. The first-order valence-electron chi connectivity index (χ1n) is 12.6. The number of amides is 4. The van der Waals surface area contributed by atoms with Crippen LogP contribution in [0.1, 0.15) is 46.0 Å². The first-order chi connectivity index (χ1) is 18.8. The van der Waals surface area contributed by atoms with Crippen LogP contribution in [0.15, 0.2) is 47.6 Å². The molecule has 12 heteroatoms. The Morgan fingerprint density at radius 3 is 2.72 bits per heavy atom. The Morgan fingerprint density at radius 2 is 1.97 bits per heavy atom. The number of aromatic nitrogens is 1. The molecule has 4 amide bonds. The number of aliphatic imine (C=N–C) groups is 1. The monoisotopic (exact) mass is 548 g/mol. The van der Waals surface area contributed by atoms with E-state index in [-0.39, 0.29) is 11.8 Å². The van der Waals surface area contributed by atoms with Gasteiger partial charge in [-0.3, -0.25) is 19.9 Å². The van der Waals surface area contributed by atoms with Crippen molar-refractivity contribution < 1.29 is 23.9 Å². The van der Waals surface area contributed by atoms with Gasteiger partial charge < -0.3 is 20.3 Å². The fourth-order valence-corrected chi connectivity index (χ4v) is 5.94. The number of carbonyl (C=O) groups excluding carboxylic acids is 4. The van der Waals surface area contributed by atoms with Crippen LogP contribution in [0.5, 0.6) is 0 Å². The predicted octanol–water partition coefficient (Wildman–Crippen LogP) is 2.97. The summed E-state index contributed by atoms with van der Waals surface area (Å²) in [7, 11) is 1.33. The maximum Gasteiger partial charge on any atom is 0.337 e. The number of amidine groups is 1. The molecule has 2 aliphatic heterocycles. The average Bonchev–Trinajstić information content (AvgIpc) is 3.44. The van der Waals surface area contributed by atoms with Crippen molar-refractivity contribution in [3.05, 3.63) is 59.3 Å². The van der Waals surface area contributed by atoms with Crippen LogP contribution in [0, 0.1) is 0 Å². The number of piperidine rings is 1. The van der Waals surface area contributed by atoms with Gasteiger partial charge in [0.15, 0.2) is 0 Å². The minimum Gasteiger partial charge on any atom is -0.465 e. The van der Waals surface area contributed by atoms with Gasteiger partial charge in [0.1, 0.15) is 21.2 Å². The number of fused-ring (bicyclic) bond motifs is 1. The third-order valence-corrected chi connectivity index (χ3v) is 7.90. The van der Waals surface area contributed by atoms with Crippen LogP contribution in [0.4, 0.5) is 9.80 Å². The molecule has 2 aromatic heterocycles. The van der Waals surface area contributed by atoms with Crippen LogP contribution in [0.3, 0.4) is 0 Å². The van der Waals surface area contributed by atoms with E-state index in [0.29, 0.717) is 71.1 Å². The van der Waals surface area contributed by atoms with E-state index in [4.69, 9.17) is 9.73 Å². The van der Waals surface area contributed by atoms with Crippen molar-refractivity contribution in [2.45, 2.75) is 31.7 Å². The summed E-state index contributed by atoms with van der Waals surface area (Å²) in [5.74, 6) is -0.304. The highest BCUT2D eigenvalue weighted by atomic mass is 32.1. The minimum absolute atomic E-state index is 0.183. The molecule has 5 rings (SSSR count). The molecule has 1 saturated heterocycles. The van der Waals surface area contributed by atoms with E-state index in [0.717, 1.165) is 5.56 Å². The zero-order valence-electron chi connectivity index (χ0n) is 21.6. The molecule has 0 unspecified atom stereocenters. The maximum atomic E-state index is 13.7. The van der Waals surface area contributed by atoms with E-state index in [1.807, 2.05) is 19.1 Å². The molecule has 0 saturated carbocycles. The largest absolute Gasteiger partial charge is 0.465 e. The summed E-state index contributed by atoms with van der Waals surface area (Å²) in [6.45, 7) is 2.93. The first kappa shape index (κ1) is 26.3. The molecule has 3 aromatic rings. The van der Waals surface area contributed by atoms with Gasteiger partial charge in [-0.1, -0.05) is 23.5 Å². The van der Waals surface area contributed by atoms with Gasteiger partial charge in [-0.25, -0.2) is 14.6 Å². The van der Waals surface area contributed by atoms with Crippen molar-refractivity contribution in [1.29, 1.82) is 0 Å². The molecule has 0 bridgehead atoms. The van der Waals surface area contributed by atoms with Crippen molar-refractivity contribution in [2.75, 3.05) is 32.1 Å². The van der Waals surface area contributed by atoms with E-state index in [1.54, 1.807) is 35.4 Å². The number of likely N-dealkylation sites (tertiary alicyclic amines) is 1. The third-order valence-electron chi connectivity index (χ3n) is 6.87. The zero-order valence-corrected chi connectivity index (χ0v) is 22.4. The van der Waals surface area contributed by atoms with Gasteiger partial charge in [-0.2, -0.15) is 0 Å². The molecule has 202 valence electrons. The summed E-state index contributed by atoms with van der Waals surface area (Å²) >= 11 is 1.25. The summed E-state index contributed by atoms with van der Waals surface area (Å²) < 4.78 is 4.79. The lowest BCUT2D eigenvalue weighted by molar-refractivity contribution is -0.125. The Bertz CT molecular complexity index is 1490. The molecule has 1 fully saturated rings. The normalized spacial score (nSPS) is 16.1. The van der Waals surface area contributed by atoms with Crippen molar-refractivity contribution in [3.63, 3.8) is 0 Å². The number of nitrogens with zero attached hydrogens (tertiary/aromatic N) is 3. The third kappa shape index (κ3) is 5.19. The number of methoxy groups -OCH3 is 1. The average molecular weight is 549 g/mol. The van der Waals surface area contributed by atoms with E-state index < -0.39 is 17.5 Å². The van der Waals surface area contributed by atoms with Crippen LogP contribution in [0.25, 0.3) is 10.2 Å². The molecular weight excluding hydrogens is 520 g/mol. The number of hydrogen-bond donors (Lipinski definition) is 3. The van der Waals surface area contributed by atoms with Gasteiger partial charge >= 0.3 is 12.0 Å². The molecule has 11 nitrogen and oxygen atoms in total. The summed E-state index contributed by atoms with van der Waals surface area (Å²) in [5, 5.41) is 9.48. The van der Waals surface area contributed by atoms with E-state index in [2.05, 4.69) is 20.9 Å². The van der Waals surface area contributed by atoms with Crippen molar-refractivity contribution in [1.82, 2.24) is 20.5 Å². The second-order valence-electron chi connectivity index (χ2n) is 9.35. The van der Waals surface area contributed by atoms with Crippen molar-refractivity contribution in [3.8, 4) is 0 Å². The first-order valence-corrected chi connectivity index (χ1v) is 13.4. The van der Waals surface area contributed by atoms with Gasteiger partial charge in [0.05, 0.1) is 18.2 Å². The summed E-state index contributed by atoms with van der Waals surface area (Å²) in [6, 6.07) is 10.2. The molecule has 39 heavy (non-hydrogen) atoms. The van der Waals surface area contributed by atoms with Crippen LogP contribution in [-0.2, 0) is 16.0 Å². The molecule has 0 aliphatic carbocycles. The topological polar surface area (TPSA) is 142 Å². The van der Waals surface area contributed by atoms with Crippen LogP contribution < -0.4 is 16.0 Å². The second kappa shape index (κ2) is 10.8. The van der Waals surface area contributed by atoms with Gasteiger partial charge in [0.2, 0.25) is 0 Å². The molecule has 0 atom stereocenters. The highest BCUT2D eigenvalue weighted by molar-refractivity contribution is 7.23. The number of thiophene rings is 1. The van der Waals surface area contributed by atoms with Gasteiger partial charge in [-0.05, 0) is 49.6 Å². The minimum atomic E-state index is -0.938. The molecule has 2 aliphatic rings. The maximum absolute atomic E-state index is 13.7. The number of carbonyl (C=O) groups is 4. The number of nitrogens with one attached hydrogen (secondary N) is 3. The van der Waals surface area contributed by atoms with Gasteiger partial charge in [0, 0.05) is 37.6 Å². The molecule has 3 N–H and O–H groups in total. The quantitative estimate of drug-likeness (QED) is 0.405. The van der Waals surface area contributed by atoms with Crippen LogP contribution in [0.2, 0.25) is 0 Å². The Labute approximate surface area is 228 Å². The lowest BCUT2D eigenvalue weighted by Gasteiger charge is -2.35. The highest BCUT2D eigenvalue weighted by Crippen LogP contribution is 2.37. The van der Waals surface area contributed by atoms with Gasteiger partial charge in [0.25, 0.3) is 11.8 Å². The van der Waals surface area contributed by atoms with Crippen molar-refractivity contribution >= 4 is 56.2 Å². The van der Waals surface area contributed by atoms with E-state index in [1.165, 1.54) is 18.4 Å². The zero-order chi connectivity index (χ0) is 27.6. The molecule has 0 radical (unpaired) electrons. The Balaban J connectivity index is 1.32. The number of hydrogen-bond acceptors (Lipinski definition) is 8. The number of rotatable bonds is 6. The Morgan fingerprint density at radius 1 is 1.18 bits per heavy atom. The number of urea groups is 1. The van der Waals surface area contributed by atoms with E-state index in [9.17, 15) is 19.2 Å². The standard InChI is InChI=1S/C27H28N6O5S/c1-3-28-26(37)31-22-20(18-8-5-11-29-21(18)39-22)23(34)33-12-9-27(10-13-33)25(36)30-19(32-27)15-16-6-4-7-17(14-16)24(35)38-2/h4-8,11,14H,3,9-10,12-13,15H2,1-2H3,(H2,28,31,37)(H,30,32,36). The number of benzene rings is 1. The predicted molar refractivity (Wildman–Crippen MR) is 147 cm³/mol. The fraction of sp³-hybridized carbons (Fsp3) is 0.333. The smallest absolute Gasteiger partial charge is 0.337 e. The number of esters is 1. The van der Waals surface area contributed by atoms with Gasteiger partial charge in [-0.15, -0.1) is 0 Å². The van der Waals surface area contributed by atoms with Crippen molar-refractivity contribution in [2.24, 2.45) is 4.99 Å². The van der Waals surface area contributed by atoms with Crippen LogP contribution >= 0.6 is 11.3 Å². The number of ether oxygens (including phenoxy) is 1. The Hall–Kier alpha value is -4.32. The summed E-state index contributed by atoms with van der Waals surface area (Å²) in [4.78, 5) is 62.3. The van der Waals surface area contributed by atoms with Crippen LogP contribution in [-0.4, -0.2) is 71.8 Å². The fourth-order valence-electron chi connectivity index (χ4n) is 4.90. The molecule has 4 heterocycles. The van der Waals surface area contributed by atoms with E-state index >= 15 is 0 Å². The second-order valence-corrected chi connectivity index (χ2v) is 10.4. The lowest BCUT2D eigenvalue weighted by Crippen LogP contribution is -2.50. The Kier molecular flexibility index (Phi) is 7.29. The number of pyridine rings is 1. The molecule has 1 aromatic carbocycles.